The molecule has 0 bridgehead atoms. The molecule has 11 heavy (non-hydrogen) atoms. The number of benzene rings is 1. The second-order valence-electron chi connectivity index (χ2n) is 2.57. The number of hydrogen-bond donors (Lipinski definition) is 0. The number of anilines is 1. The Morgan fingerprint density at radius 1 is 1.36 bits per heavy atom. The van der Waals surface area contributed by atoms with Gasteiger partial charge in [0.1, 0.15) is 7.85 Å². The summed E-state index contributed by atoms with van der Waals surface area (Å²) in [7, 11) is 9.52. The molecule has 3 heteroatoms. The van der Waals surface area contributed by atoms with Gasteiger partial charge in [0.15, 0.2) is 0 Å². The Hall–Kier alpha value is -0.625. The molecule has 0 saturated heterocycles. The van der Waals surface area contributed by atoms with Gasteiger partial charge in [-0.15, -0.1) is 0 Å². The smallest absolute Gasteiger partial charge is 0.116 e. The van der Waals surface area contributed by atoms with Crippen molar-refractivity contribution in [2.24, 2.45) is 0 Å². The number of halogens is 1. The van der Waals surface area contributed by atoms with E-state index < -0.39 is 0 Å². The molecule has 0 N–H and O–H groups in total. The van der Waals surface area contributed by atoms with Gasteiger partial charge < -0.3 is 4.90 Å². The van der Waals surface area contributed by atoms with Crippen molar-refractivity contribution in [1.29, 1.82) is 0 Å². The van der Waals surface area contributed by atoms with Crippen LogP contribution < -0.4 is 10.4 Å². The van der Waals surface area contributed by atoms with Crippen LogP contribution in [-0.2, 0) is 0 Å². The van der Waals surface area contributed by atoms with Crippen LogP contribution in [0.1, 0.15) is 0 Å². The van der Waals surface area contributed by atoms with Gasteiger partial charge in [-0.2, -0.15) is 0 Å². The molecular weight excluding hydrogens is 156 g/mol. The molecule has 0 unspecified atom stereocenters. The molecule has 1 aromatic carbocycles. The van der Waals surface area contributed by atoms with Crippen molar-refractivity contribution >= 4 is 30.6 Å². The summed E-state index contributed by atoms with van der Waals surface area (Å²) in [6.07, 6.45) is 0. The van der Waals surface area contributed by atoms with E-state index in [1.807, 2.05) is 37.2 Å². The average molecular weight is 165 g/mol. The summed E-state index contributed by atoms with van der Waals surface area (Å²) in [5.74, 6) is 0. The van der Waals surface area contributed by atoms with Gasteiger partial charge in [-0.3, -0.25) is 0 Å². The SMILES string of the molecule is [B]c1cccc(Cl)c1N(C)C. The lowest BCUT2D eigenvalue weighted by atomic mass is 9.94. The summed E-state index contributed by atoms with van der Waals surface area (Å²) in [5, 5.41) is 0.690. The van der Waals surface area contributed by atoms with E-state index in [1.54, 1.807) is 0 Å². The number of hydrogen-bond acceptors (Lipinski definition) is 1. The highest BCUT2D eigenvalue weighted by molar-refractivity contribution is 6.41. The highest BCUT2D eigenvalue weighted by Gasteiger charge is 2.03. The van der Waals surface area contributed by atoms with Crippen molar-refractivity contribution < 1.29 is 0 Å². The van der Waals surface area contributed by atoms with E-state index >= 15 is 0 Å². The lowest BCUT2D eigenvalue weighted by Crippen LogP contribution is -2.19. The van der Waals surface area contributed by atoms with Gasteiger partial charge in [0.05, 0.1) is 5.02 Å². The van der Waals surface area contributed by atoms with Crippen LogP contribution >= 0.6 is 11.6 Å². The third kappa shape index (κ3) is 1.69. The number of rotatable bonds is 1. The Morgan fingerprint density at radius 3 is 2.36 bits per heavy atom. The Kier molecular flexibility index (Phi) is 2.45. The number of nitrogens with zero attached hydrogens (tertiary/aromatic N) is 1. The van der Waals surface area contributed by atoms with Crippen molar-refractivity contribution in [3.8, 4) is 0 Å². The predicted octanol–water partition coefficient (Wildman–Crippen LogP) is 1.20. The summed E-state index contributed by atoms with van der Waals surface area (Å²) in [4.78, 5) is 1.90. The molecule has 1 rings (SSSR count). The first-order chi connectivity index (χ1) is 5.13. The van der Waals surface area contributed by atoms with E-state index in [4.69, 9.17) is 19.4 Å². The first kappa shape index (κ1) is 8.47. The molecule has 2 radical (unpaired) electrons. The third-order valence-electron chi connectivity index (χ3n) is 1.47. The lowest BCUT2D eigenvalue weighted by molar-refractivity contribution is 1.14. The first-order valence-corrected chi connectivity index (χ1v) is 3.72. The highest BCUT2D eigenvalue weighted by Crippen LogP contribution is 2.20. The third-order valence-corrected chi connectivity index (χ3v) is 1.77. The fourth-order valence-electron chi connectivity index (χ4n) is 1.00. The summed E-state index contributed by atoms with van der Waals surface area (Å²) in [6, 6.07) is 5.50. The fraction of sp³-hybridized carbons (Fsp3) is 0.250. The molecule has 0 saturated carbocycles. The second-order valence-corrected chi connectivity index (χ2v) is 2.98. The Labute approximate surface area is 73.4 Å². The Bertz CT molecular complexity index is 240. The molecule has 0 aliphatic carbocycles. The van der Waals surface area contributed by atoms with Crippen molar-refractivity contribution in [3.63, 3.8) is 0 Å². The van der Waals surface area contributed by atoms with E-state index in [0.29, 0.717) is 10.5 Å². The van der Waals surface area contributed by atoms with Gasteiger partial charge in [-0.1, -0.05) is 29.2 Å². The Morgan fingerprint density at radius 2 is 2.00 bits per heavy atom. The van der Waals surface area contributed by atoms with E-state index in [2.05, 4.69) is 0 Å². The van der Waals surface area contributed by atoms with E-state index in [1.165, 1.54) is 0 Å². The molecular formula is C8H9BClN. The molecule has 56 valence electrons. The maximum absolute atomic E-state index is 5.90. The minimum atomic E-state index is 0.690. The minimum Gasteiger partial charge on any atom is -0.377 e. The van der Waals surface area contributed by atoms with Crippen LogP contribution in [0.5, 0.6) is 0 Å². The van der Waals surface area contributed by atoms with E-state index in [0.717, 1.165) is 5.69 Å². The van der Waals surface area contributed by atoms with Crippen LogP contribution in [0.2, 0.25) is 5.02 Å². The standard InChI is InChI=1S/C8H9BClN/c1-11(2)8-6(9)4-3-5-7(8)10/h3-5H,1-2H3. The maximum atomic E-state index is 5.90. The van der Waals surface area contributed by atoms with Crippen molar-refractivity contribution in [1.82, 2.24) is 0 Å². The first-order valence-electron chi connectivity index (χ1n) is 3.34. The summed E-state index contributed by atoms with van der Waals surface area (Å²) in [6.45, 7) is 0. The van der Waals surface area contributed by atoms with Crippen molar-refractivity contribution in [2.75, 3.05) is 19.0 Å². The number of para-hydroxylation sites is 1. The van der Waals surface area contributed by atoms with Crippen molar-refractivity contribution in [2.45, 2.75) is 0 Å². The average Bonchev–Trinajstić information content (AvgIpc) is 1.85. The van der Waals surface area contributed by atoms with Crippen LogP contribution in [0.3, 0.4) is 0 Å². The van der Waals surface area contributed by atoms with Crippen molar-refractivity contribution in [3.05, 3.63) is 23.2 Å². The zero-order valence-electron chi connectivity index (χ0n) is 6.63. The van der Waals surface area contributed by atoms with Gasteiger partial charge in [-0.25, -0.2) is 0 Å². The molecule has 0 amide bonds. The molecule has 0 fully saturated rings. The zero-order chi connectivity index (χ0) is 8.43. The van der Waals surface area contributed by atoms with E-state index in [-0.39, 0.29) is 0 Å². The van der Waals surface area contributed by atoms with Gasteiger partial charge >= 0.3 is 0 Å². The minimum absolute atomic E-state index is 0.690. The second kappa shape index (κ2) is 3.18. The molecule has 0 aromatic heterocycles. The molecule has 0 heterocycles. The molecule has 0 aliphatic heterocycles. The van der Waals surface area contributed by atoms with Gasteiger partial charge in [-0.05, 0) is 6.07 Å². The Balaban J connectivity index is 3.21. The maximum Gasteiger partial charge on any atom is 0.116 e. The summed E-state index contributed by atoms with van der Waals surface area (Å²) in [5.41, 5.74) is 1.59. The molecule has 0 aliphatic rings. The molecule has 1 aromatic rings. The molecule has 1 nitrogen and oxygen atoms in total. The lowest BCUT2D eigenvalue weighted by Gasteiger charge is -2.17. The predicted molar refractivity (Wildman–Crippen MR) is 51.2 cm³/mol. The zero-order valence-corrected chi connectivity index (χ0v) is 7.39. The van der Waals surface area contributed by atoms with Gasteiger partial charge in [0.2, 0.25) is 0 Å². The van der Waals surface area contributed by atoms with Crippen LogP contribution in [0, 0.1) is 0 Å². The largest absolute Gasteiger partial charge is 0.377 e. The molecule has 0 atom stereocenters. The summed E-state index contributed by atoms with van der Waals surface area (Å²) < 4.78 is 0. The van der Waals surface area contributed by atoms with Gasteiger partial charge in [0.25, 0.3) is 0 Å². The summed E-state index contributed by atoms with van der Waals surface area (Å²) >= 11 is 5.90. The fourth-order valence-corrected chi connectivity index (χ4v) is 1.35. The topological polar surface area (TPSA) is 3.24 Å². The van der Waals surface area contributed by atoms with Crippen LogP contribution in [0.4, 0.5) is 5.69 Å². The monoisotopic (exact) mass is 165 g/mol. The molecule has 0 spiro atoms. The van der Waals surface area contributed by atoms with Crippen LogP contribution in [-0.4, -0.2) is 21.9 Å². The highest BCUT2D eigenvalue weighted by atomic mass is 35.5. The van der Waals surface area contributed by atoms with Gasteiger partial charge in [0, 0.05) is 19.8 Å². The van der Waals surface area contributed by atoms with Crippen LogP contribution in [0.15, 0.2) is 18.2 Å². The quantitative estimate of drug-likeness (QED) is 0.565. The van der Waals surface area contributed by atoms with Crippen LogP contribution in [0.25, 0.3) is 0 Å². The normalized spacial score (nSPS) is 9.73. The van der Waals surface area contributed by atoms with E-state index in [9.17, 15) is 0 Å².